The van der Waals surface area contributed by atoms with Crippen molar-refractivity contribution in [2.75, 3.05) is 45.3 Å². The van der Waals surface area contributed by atoms with Gasteiger partial charge in [-0.1, -0.05) is 0 Å². The van der Waals surface area contributed by atoms with E-state index >= 15 is 0 Å². The minimum absolute atomic E-state index is 0.0723. The Hall–Kier alpha value is -1.26. The number of rotatable bonds is 7. The van der Waals surface area contributed by atoms with Gasteiger partial charge < -0.3 is 14.6 Å². The second-order valence-corrected chi connectivity index (χ2v) is 7.95. The van der Waals surface area contributed by atoms with Gasteiger partial charge in [-0.15, -0.1) is 23.1 Å². The number of aliphatic hydroxyl groups excluding tert-OH is 1. The van der Waals surface area contributed by atoms with E-state index in [0.717, 1.165) is 52.9 Å². The molecule has 9 heteroatoms. The van der Waals surface area contributed by atoms with Crippen LogP contribution in [0.15, 0.2) is 5.03 Å². The van der Waals surface area contributed by atoms with Crippen molar-refractivity contribution < 1.29 is 19.4 Å². The Labute approximate surface area is 160 Å². The Morgan fingerprint density at radius 1 is 1.38 bits per heavy atom. The highest BCUT2D eigenvalue weighted by Crippen LogP contribution is 2.36. The third-order valence-electron chi connectivity index (χ3n) is 4.06. The van der Waals surface area contributed by atoms with Crippen LogP contribution in [0.2, 0.25) is 0 Å². The lowest BCUT2D eigenvalue weighted by atomic mass is 10.2. The molecule has 1 N–H and O–H groups in total. The normalized spacial score (nSPS) is 15.5. The standard InChI is InChI=1S/C17H23N3O4S2/c1-3-24-17(22)14-11(2)13-15(25-9-6-21)18-12(19-16(13)26-14)10-20-4-7-23-8-5-20/h21H,3-10H2,1-2H3. The van der Waals surface area contributed by atoms with Crippen LogP contribution in [0.5, 0.6) is 0 Å². The lowest BCUT2D eigenvalue weighted by molar-refractivity contribution is 0.0330. The maximum Gasteiger partial charge on any atom is 0.348 e. The Balaban J connectivity index is 1.97. The fraction of sp³-hybridized carbons (Fsp3) is 0.588. The predicted molar refractivity (Wildman–Crippen MR) is 102 cm³/mol. The fourth-order valence-electron chi connectivity index (χ4n) is 2.81. The molecule has 0 aromatic carbocycles. The first kappa shape index (κ1) is 19.5. The summed E-state index contributed by atoms with van der Waals surface area (Å²) >= 11 is 2.84. The molecular weight excluding hydrogens is 374 g/mol. The molecule has 0 saturated carbocycles. The van der Waals surface area contributed by atoms with E-state index in [0.29, 0.717) is 23.8 Å². The van der Waals surface area contributed by atoms with Crippen LogP contribution in [0.25, 0.3) is 10.2 Å². The summed E-state index contributed by atoms with van der Waals surface area (Å²) in [6.45, 7) is 7.92. The van der Waals surface area contributed by atoms with E-state index in [-0.39, 0.29) is 12.6 Å². The van der Waals surface area contributed by atoms with Gasteiger partial charge in [0.1, 0.15) is 20.6 Å². The molecule has 1 saturated heterocycles. The summed E-state index contributed by atoms with van der Waals surface area (Å²) in [5.41, 5.74) is 0.849. The number of aliphatic hydroxyl groups is 1. The van der Waals surface area contributed by atoms with E-state index in [9.17, 15) is 9.90 Å². The molecule has 26 heavy (non-hydrogen) atoms. The zero-order chi connectivity index (χ0) is 18.5. The van der Waals surface area contributed by atoms with Crippen LogP contribution in [0.3, 0.4) is 0 Å². The first-order valence-corrected chi connectivity index (χ1v) is 10.4. The number of fused-ring (bicyclic) bond motifs is 1. The van der Waals surface area contributed by atoms with E-state index in [1.54, 1.807) is 6.92 Å². The highest BCUT2D eigenvalue weighted by atomic mass is 32.2. The molecule has 142 valence electrons. The fourth-order valence-corrected chi connectivity index (χ4v) is 4.82. The summed E-state index contributed by atoms with van der Waals surface area (Å²) < 4.78 is 10.6. The molecule has 0 atom stereocenters. The average Bonchev–Trinajstić information content (AvgIpc) is 2.97. The average molecular weight is 398 g/mol. The molecule has 0 aliphatic carbocycles. The quantitative estimate of drug-likeness (QED) is 0.432. The number of aryl methyl sites for hydroxylation is 1. The number of ether oxygens (including phenoxy) is 2. The number of thiophene rings is 1. The number of hydrogen-bond acceptors (Lipinski definition) is 9. The summed E-state index contributed by atoms with van der Waals surface area (Å²) in [5.74, 6) is 0.963. The van der Waals surface area contributed by atoms with Crippen LogP contribution in [0.4, 0.5) is 0 Å². The van der Waals surface area contributed by atoms with Gasteiger partial charge in [0.2, 0.25) is 0 Å². The molecule has 0 bridgehead atoms. The van der Waals surface area contributed by atoms with Crippen molar-refractivity contribution in [1.82, 2.24) is 14.9 Å². The lowest BCUT2D eigenvalue weighted by Crippen LogP contribution is -2.36. The first-order chi connectivity index (χ1) is 12.6. The SMILES string of the molecule is CCOC(=O)c1sc2nc(CN3CCOCC3)nc(SCCO)c2c1C. The third-order valence-corrected chi connectivity index (χ3v) is 6.18. The number of hydrogen-bond donors (Lipinski definition) is 1. The number of morpholine rings is 1. The molecule has 1 fully saturated rings. The highest BCUT2D eigenvalue weighted by Gasteiger charge is 2.22. The molecular formula is C17H23N3O4S2. The molecule has 3 heterocycles. The summed E-state index contributed by atoms with van der Waals surface area (Å²) in [6, 6.07) is 0. The number of thioether (sulfide) groups is 1. The molecule has 1 aliphatic heterocycles. The summed E-state index contributed by atoms with van der Waals surface area (Å²) in [6.07, 6.45) is 0. The Morgan fingerprint density at radius 2 is 2.15 bits per heavy atom. The molecule has 0 spiro atoms. The maximum atomic E-state index is 12.2. The van der Waals surface area contributed by atoms with Crippen LogP contribution in [0.1, 0.15) is 28.0 Å². The van der Waals surface area contributed by atoms with Crippen molar-refractivity contribution in [2.24, 2.45) is 0 Å². The smallest absolute Gasteiger partial charge is 0.348 e. The van der Waals surface area contributed by atoms with Crippen molar-refractivity contribution in [3.8, 4) is 0 Å². The van der Waals surface area contributed by atoms with Crippen molar-refractivity contribution >= 4 is 39.3 Å². The van der Waals surface area contributed by atoms with Gasteiger partial charge in [0.05, 0.1) is 33.0 Å². The molecule has 2 aromatic rings. The second kappa shape index (κ2) is 9.09. The molecule has 2 aromatic heterocycles. The van der Waals surface area contributed by atoms with Gasteiger partial charge in [-0.3, -0.25) is 4.90 Å². The largest absolute Gasteiger partial charge is 0.462 e. The van der Waals surface area contributed by atoms with Crippen molar-refractivity contribution in [3.63, 3.8) is 0 Å². The van der Waals surface area contributed by atoms with E-state index < -0.39 is 0 Å². The number of esters is 1. The summed E-state index contributed by atoms with van der Waals surface area (Å²) in [4.78, 5) is 25.3. The van der Waals surface area contributed by atoms with Gasteiger partial charge in [0, 0.05) is 24.2 Å². The number of carbonyl (C=O) groups excluding carboxylic acids is 1. The Bertz CT molecular complexity index is 775. The predicted octanol–water partition coefficient (Wildman–Crippen LogP) is 2.09. The molecule has 3 rings (SSSR count). The zero-order valence-corrected chi connectivity index (χ0v) is 16.6. The number of carbonyl (C=O) groups is 1. The molecule has 7 nitrogen and oxygen atoms in total. The highest BCUT2D eigenvalue weighted by molar-refractivity contribution is 7.99. The Kier molecular flexibility index (Phi) is 6.82. The first-order valence-electron chi connectivity index (χ1n) is 8.65. The topological polar surface area (TPSA) is 84.8 Å². The van der Waals surface area contributed by atoms with E-state index in [2.05, 4.69) is 4.90 Å². The van der Waals surface area contributed by atoms with Crippen LogP contribution in [0, 0.1) is 6.92 Å². The molecule has 1 aliphatic rings. The second-order valence-electron chi connectivity index (χ2n) is 5.86. The van der Waals surface area contributed by atoms with E-state index in [4.69, 9.17) is 19.4 Å². The lowest BCUT2D eigenvalue weighted by Gasteiger charge is -2.25. The summed E-state index contributed by atoms with van der Waals surface area (Å²) in [5, 5.41) is 10.9. The van der Waals surface area contributed by atoms with Crippen LogP contribution < -0.4 is 0 Å². The molecule has 0 unspecified atom stereocenters. The van der Waals surface area contributed by atoms with E-state index in [1.165, 1.54) is 23.1 Å². The minimum atomic E-state index is -0.319. The van der Waals surface area contributed by atoms with Gasteiger partial charge in [-0.25, -0.2) is 14.8 Å². The van der Waals surface area contributed by atoms with Gasteiger partial charge >= 0.3 is 5.97 Å². The molecule has 0 radical (unpaired) electrons. The van der Waals surface area contributed by atoms with Crippen LogP contribution >= 0.6 is 23.1 Å². The number of nitrogens with zero attached hydrogens (tertiary/aromatic N) is 3. The monoisotopic (exact) mass is 397 g/mol. The van der Waals surface area contributed by atoms with Crippen LogP contribution in [-0.4, -0.2) is 71.2 Å². The van der Waals surface area contributed by atoms with Crippen molar-refractivity contribution in [2.45, 2.75) is 25.4 Å². The van der Waals surface area contributed by atoms with Crippen molar-refractivity contribution in [1.29, 1.82) is 0 Å². The van der Waals surface area contributed by atoms with E-state index in [1.807, 2.05) is 6.92 Å². The Morgan fingerprint density at radius 3 is 2.85 bits per heavy atom. The minimum Gasteiger partial charge on any atom is -0.462 e. The zero-order valence-electron chi connectivity index (χ0n) is 15.0. The van der Waals surface area contributed by atoms with Crippen LogP contribution in [-0.2, 0) is 16.0 Å². The third kappa shape index (κ3) is 4.34. The van der Waals surface area contributed by atoms with Crippen molar-refractivity contribution in [3.05, 3.63) is 16.3 Å². The summed E-state index contributed by atoms with van der Waals surface area (Å²) in [7, 11) is 0. The maximum absolute atomic E-state index is 12.2. The van der Waals surface area contributed by atoms with Gasteiger partial charge in [0.25, 0.3) is 0 Å². The molecule has 0 amide bonds. The van der Waals surface area contributed by atoms with Gasteiger partial charge in [0.15, 0.2) is 0 Å². The number of aromatic nitrogens is 2. The van der Waals surface area contributed by atoms with Gasteiger partial charge in [-0.05, 0) is 19.4 Å². The van der Waals surface area contributed by atoms with Gasteiger partial charge in [-0.2, -0.15) is 0 Å².